The van der Waals surface area contributed by atoms with Gasteiger partial charge < -0.3 is 4.42 Å². The van der Waals surface area contributed by atoms with Crippen molar-refractivity contribution in [2.24, 2.45) is 0 Å². The lowest BCUT2D eigenvalue weighted by Crippen LogP contribution is -2.41. The molecule has 1 N–H and O–H groups in total. The number of carbonyl (C=O) groups is 1. The molecule has 1 atom stereocenters. The molecule has 1 saturated heterocycles. The van der Waals surface area contributed by atoms with Gasteiger partial charge in [-0.1, -0.05) is 11.5 Å². The molecule has 1 aliphatic heterocycles. The Kier molecular flexibility index (Phi) is 7.27. The largest absolute Gasteiger partial charge is 0.403 e. The first-order valence-electron chi connectivity index (χ1n) is 11.3. The fourth-order valence-electron chi connectivity index (χ4n) is 3.88. The maximum absolute atomic E-state index is 13.0. The van der Waals surface area contributed by atoms with Gasteiger partial charge in [-0.05, 0) is 68.3 Å². The normalized spacial score (nSPS) is 17.3. The van der Waals surface area contributed by atoms with Crippen molar-refractivity contribution in [1.82, 2.24) is 18.8 Å². The summed E-state index contributed by atoms with van der Waals surface area (Å²) in [5, 5.41) is 10.2. The highest BCUT2D eigenvalue weighted by Crippen LogP contribution is 2.26. The van der Waals surface area contributed by atoms with Crippen LogP contribution in [-0.4, -0.2) is 68.2 Å². The van der Waals surface area contributed by atoms with Gasteiger partial charge in [-0.3, -0.25) is 10.1 Å². The number of rotatable bonds is 7. The molecule has 36 heavy (non-hydrogen) atoms. The lowest BCUT2D eigenvalue weighted by Gasteiger charge is -2.32. The Hall–Kier alpha value is -3.13. The molecule has 13 heteroatoms. The second-order valence-corrected chi connectivity index (χ2v) is 12.7. The molecular formula is C23H27N5O6S2. The highest BCUT2D eigenvalue weighted by molar-refractivity contribution is 7.89. The van der Waals surface area contributed by atoms with Crippen molar-refractivity contribution in [3.63, 3.8) is 0 Å². The zero-order chi connectivity index (χ0) is 26.1. The summed E-state index contributed by atoms with van der Waals surface area (Å²) in [4.78, 5) is 12.9. The number of anilines is 1. The first-order valence-corrected chi connectivity index (χ1v) is 14.2. The van der Waals surface area contributed by atoms with Gasteiger partial charge in [0.25, 0.3) is 5.91 Å². The standard InChI is InChI=1S/C23H27N5O6S2/c1-16-6-4-5-15-28(16)36(32,33)20-11-7-17(8-12-20)21(29)24-23-26-25-22(34-23)18-9-13-19(14-10-18)35(30,31)27(2)3/h7-14,16H,4-6,15H2,1-3H3,(H,24,26,29). The third kappa shape index (κ3) is 5.19. The molecule has 1 amide bonds. The summed E-state index contributed by atoms with van der Waals surface area (Å²) < 4.78 is 58.5. The number of sulfonamides is 2. The topological polar surface area (TPSA) is 143 Å². The number of hydrogen-bond donors (Lipinski definition) is 1. The number of carbonyl (C=O) groups excluding carboxylic acids is 1. The van der Waals surface area contributed by atoms with Crippen molar-refractivity contribution in [2.45, 2.75) is 42.0 Å². The van der Waals surface area contributed by atoms with E-state index in [0.717, 1.165) is 23.6 Å². The van der Waals surface area contributed by atoms with E-state index in [1.54, 1.807) is 0 Å². The minimum absolute atomic E-state index is 0.0629. The Balaban J connectivity index is 1.44. The van der Waals surface area contributed by atoms with Crippen molar-refractivity contribution in [3.05, 3.63) is 54.1 Å². The summed E-state index contributed by atoms with van der Waals surface area (Å²) in [7, 11) is -4.32. The fraction of sp³-hybridized carbons (Fsp3) is 0.348. The van der Waals surface area contributed by atoms with Crippen molar-refractivity contribution in [2.75, 3.05) is 26.0 Å². The predicted octanol–water partition coefficient (Wildman–Crippen LogP) is 2.80. The van der Waals surface area contributed by atoms with Crippen LogP contribution in [-0.2, 0) is 20.0 Å². The summed E-state index contributed by atoms with van der Waals surface area (Å²) >= 11 is 0. The van der Waals surface area contributed by atoms with Crippen molar-refractivity contribution < 1.29 is 26.0 Å². The molecule has 3 aromatic rings. The van der Waals surface area contributed by atoms with Crippen LogP contribution in [0.3, 0.4) is 0 Å². The van der Waals surface area contributed by atoms with Crippen LogP contribution in [0.4, 0.5) is 6.01 Å². The lowest BCUT2D eigenvalue weighted by molar-refractivity contribution is 0.102. The number of hydrogen-bond acceptors (Lipinski definition) is 8. The van der Waals surface area contributed by atoms with Crippen LogP contribution in [0.2, 0.25) is 0 Å². The number of amides is 1. The monoisotopic (exact) mass is 533 g/mol. The molecule has 1 unspecified atom stereocenters. The Labute approximate surface area is 210 Å². The van der Waals surface area contributed by atoms with Gasteiger partial charge in [0.05, 0.1) is 9.79 Å². The van der Waals surface area contributed by atoms with Gasteiger partial charge >= 0.3 is 6.01 Å². The van der Waals surface area contributed by atoms with Gasteiger partial charge in [0.2, 0.25) is 25.9 Å². The van der Waals surface area contributed by atoms with Crippen LogP contribution in [0.25, 0.3) is 11.5 Å². The van der Waals surface area contributed by atoms with Gasteiger partial charge in [0.15, 0.2) is 0 Å². The van der Waals surface area contributed by atoms with Gasteiger partial charge in [-0.25, -0.2) is 21.1 Å². The Bertz CT molecular complexity index is 1450. The van der Waals surface area contributed by atoms with Crippen LogP contribution < -0.4 is 5.32 Å². The minimum Gasteiger partial charge on any atom is -0.403 e. The van der Waals surface area contributed by atoms with Gasteiger partial charge in [0.1, 0.15) is 0 Å². The average molecular weight is 534 g/mol. The van der Waals surface area contributed by atoms with E-state index in [1.807, 2.05) is 6.92 Å². The zero-order valence-corrected chi connectivity index (χ0v) is 21.7. The first kappa shape index (κ1) is 25.9. The molecule has 2 heterocycles. The first-order chi connectivity index (χ1) is 17.0. The van der Waals surface area contributed by atoms with E-state index in [0.29, 0.717) is 12.1 Å². The summed E-state index contributed by atoms with van der Waals surface area (Å²) in [6, 6.07) is 11.4. The summed E-state index contributed by atoms with van der Waals surface area (Å²) in [6.07, 6.45) is 2.66. The van der Waals surface area contributed by atoms with Crippen LogP contribution in [0, 0.1) is 0 Å². The third-order valence-corrected chi connectivity index (χ3v) is 9.85. The molecule has 4 rings (SSSR count). The number of aromatic nitrogens is 2. The Morgan fingerprint density at radius 1 is 0.972 bits per heavy atom. The molecule has 0 bridgehead atoms. The van der Waals surface area contributed by atoms with Crippen molar-refractivity contribution in [1.29, 1.82) is 0 Å². The minimum atomic E-state index is -3.64. The second-order valence-electron chi connectivity index (χ2n) is 8.66. The zero-order valence-electron chi connectivity index (χ0n) is 20.1. The van der Waals surface area contributed by atoms with Crippen LogP contribution in [0.15, 0.2) is 62.7 Å². The van der Waals surface area contributed by atoms with Crippen LogP contribution in [0.5, 0.6) is 0 Å². The van der Waals surface area contributed by atoms with Gasteiger partial charge in [-0.2, -0.15) is 4.31 Å². The van der Waals surface area contributed by atoms with Gasteiger partial charge in [0, 0.05) is 37.8 Å². The maximum atomic E-state index is 13.0. The van der Waals surface area contributed by atoms with Gasteiger partial charge in [-0.15, -0.1) is 5.10 Å². The molecule has 0 aliphatic carbocycles. The number of nitrogens with zero attached hydrogens (tertiary/aromatic N) is 4. The summed E-state index contributed by atoms with van der Waals surface area (Å²) in [5.74, 6) is -0.455. The smallest absolute Gasteiger partial charge is 0.322 e. The number of piperidine rings is 1. The molecule has 11 nitrogen and oxygen atoms in total. The maximum Gasteiger partial charge on any atom is 0.322 e. The van der Waals surface area contributed by atoms with E-state index in [4.69, 9.17) is 4.42 Å². The average Bonchev–Trinajstić information content (AvgIpc) is 3.32. The Morgan fingerprint density at radius 3 is 2.22 bits per heavy atom. The van der Waals surface area contributed by atoms with E-state index in [2.05, 4.69) is 15.5 Å². The summed E-state index contributed by atoms with van der Waals surface area (Å²) in [6.45, 7) is 2.39. The predicted molar refractivity (Wildman–Crippen MR) is 132 cm³/mol. The second kappa shape index (κ2) is 10.1. The molecule has 0 spiro atoms. The van der Waals surface area contributed by atoms with E-state index >= 15 is 0 Å². The summed E-state index contributed by atoms with van der Waals surface area (Å²) in [5.41, 5.74) is 0.695. The number of nitrogens with one attached hydrogen (secondary N) is 1. The molecule has 2 aromatic carbocycles. The molecule has 0 saturated carbocycles. The highest BCUT2D eigenvalue weighted by atomic mass is 32.2. The lowest BCUT2D eigenvalue weighted by atomic mass is 10.1. The van der Waals surface area contributed by atoms with Crippen LogP contribution in [0.1, 0.15) is 36.5 Å². The van der Waals surface area contributed by atoms with E-state index in [9.17, 15) is 21.6 Å². The van der Waals surface area contributed by atoms with Crippen LogP contribution >= 0.6 is 0 Å². The SMILES string of the molecule is CC1CCCCN1S(=O)(=O)c1ccc(C(=O)Nc2nnc(-c3ccc(S(=O)(=O)N(C)C)cc3)o2)cc1. The fourth-order valence-corrected chi connectivity index (χ4v) is 6.48. The number of benzene rings is 2. The molecule has 1 aromatic heterocycles. The highest BCUT2D eigenvalue weighted by Gasteiger charge is 2.31. The van der Waals surface area contributed by atoms with E-state index in [-0.39, 0.29) is 33.3 Å². The third-order valence-electron chi connectivity index (χ3n) is 5.99. The van der Waals surface area contributed by atoms with Crippen molar-refractivity contribution in [3.8, 4) is 11.5 Å². The molecule has 1 fully saturated rings. The molecular weight excluding hydrogens is 506 g/mol. The molecule has 0 radical (unpaired) electrons. The van der Waals surface area contributed by atoms with E-state index in [1.165, 1.54) is 66.9 Å². The molecule has 1 aliphatic rings. The molecule has 192 valence electrons. The van der Waals surface area contributed by atoms with E-state index < -0.39 is 26.0 Å². The quantitative estimate of drug-likeness (QED) is 0.488. The Morgan fingerprint density at radius 2 is 1.61 bits per heavy atom. The van der Waals surface area contributed by atoms with Crippen molar-refractivity contribution >= 4 is 32.0 Å².